The number of aliphatic hydroxyl groups is 1. The maximum Gasteiger partial charge on any atom is 0.0729 e. The van der Waals surface area contributed by atoms with E-state index in [1.807, 2.05) is 13.8 Å². The van der Waals surface area contributed by atoms with E-state index in [4.69, 9.17) is 0 Å². The van der Waals surface area contributed by atoms with Gasteiger partial charge >= 0.3 is 0 Å². The van der Waals surface area contributed by atoms with Crippen LogP contribution in [-0.2, 0) is 0 Å². The summed E-state index contributed by atoms with van der Waals surface area (Å²) in [5.74, 6) is 0.202. The van der Waals surface area contributed by atoms with Crippen LogP contribution in [0.1, 0.15) is 13.8 Å². The van der Waals surface area contributed by atoms with Gasteiger partial charge < -0.3 is 5.11 Å². The maximum absolute atomic E-state index is 10.8. The monoisotopic (exact) mass is 354 g/mol. The van der Waals surface area contributed by atoms with E-state index >= 15 is 0 Å². The molecule has 2 unspecified atom stereocenters. The Kier molecular flexibility index (Phi) is 5.37. The molecule has 4 heteroatoms. The Morgan fingerprint density at radius 3 is 1.45 bits per heavy atom. The van der Waals surface area contributed by atoms with Crippen molar-refractivity contribution in [2.24, 2.45) is 5.92 Å². The molecule has 1 nitrogen and oxygen atoms in total. The highest BCUT2D eigenvalue weighted by Crippen LogP contribution is 2.47. The van der Waals surface area contributed by atoms with Gasteiger partial charge in [-0.3, -0.25) is 0 Å². The average Bonchev–Trinajstić information content (AvgIpc) is 2.22. The van der Waals surface area contributed by atoms with E-state index in [2.05, 4.69) is 71.1 Å². The number of rotatable bonds is 4. The first-order valence-electron chi connectivity index (χ1n) is 8.62. The van der Waals surface area contributed by atoms with E-state index in [9.17, 15) is 5.11 Å². The Hall–Kier alpha value is 0.0906. The molecule has 0 spiro atoms. The van der Waals surface area contributed by atoms with E-state index in [-0.39, 0.29) is 5.92 Å². The molecule has 2 atom stereocenters. The maximum atomic E-state index is 10.8. The fraction of sp³-hybridized carbons (Fsp3) is 0.778. The zero-order valence-electron chi connectivity index (χ0n) is 16.8. The molecule has 0 aromatic heterocycles. The average molecular weight is 355 g/mol. The summed E-state index contributed by atoms with van der Waals surface area (Å²) in [7, 11) is -4.14. The van der Waals surface area contributed by atoms with Crippen molar-refractivity contribution in [2.75, 3.05) is 0 Å². The molecule has 0 aliphatic heterocycles. The summed E-state index contributed by atoms with van der Waals surface area (Å²) < 4.78 is 0. The van der Waals surface area contributed by atoms with Crippen LogP contribution in [0.3, 0.4) is 0 Å². The predicted molar refractivity (Wildman–Crippen MR) is 110 cm³/mol. The molecule has 0 bridgehead atoms. The minimum atomic E-state index is -1.44. The zero-order chi connectivity index (χ0) is 17.7. The lowest BCUT2D eigenvalue weighted by molar-refractivity contribution is 0.0517. The normalized spacial score (nSPS) is 24.9. The lowest BCUT2D eigenvalue weighted by Crippen LogP contribution is -2.46. The second kappa shape index (κ2) is 5.87. The van der Waals surface area contributed by atoms with Crippen LogP contribution >= 0.6 is 0 Å². The van der Waals surface area contributed by atoms with Crippen LogP contribution in [0.15, 0.2) is 22.5 Å². The van der Waals surface area contributed by atoms with Gasteiger partial charge in [-0.1, -0.05) is 81.5 Å². The minimum Gasteiger partial charge on any atom is -0.390 e. The number of hydrogen-bond donors (Lipinski definition) is 1. The van der Waals surface area contributed by atoms with E-state index < -0.39 is 29.8 Å². The smallest absolute Gasteiger partial charge is 0.0729 e. The molecule has 0 fully saturated rings. The van der Waals surface area contributed by atoms with Gasteiger partial charge in [-0.15, -0.1) is 0 Å². The first kappa shape index (κ1) is 20.1. The van der Waals surface area contributed by atoms with Gasteiger partial charge in [0, 0.05) is 5.92 Å². The molecule has 22 heavy (non-hydrogen) atoms. The summed E-state index contributed by atoms with van der Waals surface area (Å²) in [6, 6.07) is 0. The number of hydrogen-bond acceptors (Lipinski definition) is 1. The molecule has 1 aliphatic carbocycles. The second-order valence-corrected chi connectivity index (χ2v) is 26.2. The van der Waals surface area contributed by atoms with Gasteiger partial charge in [0.1, 0.15) is 0 Å². The molecule has 1 rings (SSSR count). The summed E-state index contributed by atoms with van der Waals surface area (Å²) in [6.45, 7) is 26.1. The van der Waals surface area contributed by atoms with Crippen molar-refractivity contribution < 1.29 is 5.11 Å². The Labute approximate surface area is 141 Å². The Morgan fingerprint density at radius 2 is 1.18 bits per heavy atom. The van der Waals surface area contributed by atoms with Crippen LogP contribution in [0.4, 0.5) is 0 Å². The van der Waals surface area contributed by atoms with Gasteiger partial charge in [-0.05, 0) is 19.4 Å². The van der Waals surface area contributed by atoms with Gasteiger partial charge in [0.05, 0.1) is 29.8 Å². The third-order valence-corrected chi connectivity index (χ3v) is 11.8. The van der Waals surface area contributed by atoms with Gasteiger partial charge in [-0.2, -0.15) is 0 Å². The van der Waals surface area contributed by atoms with E-state index in [0.29, 0.717) is 5.54 Å². The van der Waals surface area contributed by atoms with E-state index in [1.54, 1.807) is 10.4 Å². The Bertz CT molecular complexity index is 430. The van der Waals surface area contributed by atoms with Crippen molar-refractivity contribution >= 4 is 24.2 Å². The zero-order valence-corrected chi connectivity index (χ0v) is 19.8. The third kappa shape index (κ3) is 4.56. The summed E-state index contributed by atoms with van der Waals surface area (Å²) in [6.07, 6.45) is 5.12. The highest BCUT2D eigenvalue weighted by atomic mass is 28.3. The van der Waals surface area contributed by atoms with Crippen LogP contribution in [0.5, 0.6) is 0 Å². The largest absolute Gasteiger partial charge is 0.390 e. The molecule has 1 N–H and O–H groups in total. The molecule has 0 saturated carbocycles. The predicted octanol–water partition coefficient (Wildman–Crippen LogP) is 5.70. The third-order valence-electron chi connectivity index (χ3n) is 4.79. The molecule has 0 heterocycles. The van der Waals surface area contributed by atoms with E-state index in [1.165, 1.54) is 0 Å². The Morgan fingerprint density at radius 1 is 0.773 bits per heavy atom. The van der Waals surface area contributed by atoms with Crippen molar-refractivity contribution in [3.63, 3.8) is 0 Å². The Balaban J connectivity index is 3.57. The quantitative estimate of drug-likeness (QED) is 0.642. The lowest BCUT2D eigenvalue weighted by Gasteiger charge is -2.45. The van der Waals surface area contributed by atoms with Crippen LogP contribution in [0.2, 0.25) is 64.5 Å². The van der Waals surface area contributed by atoms with Crippen LogP contribution in [-0.4, -0.2) is 34.9 Å². The summed E-state index contributed by atoms with van der Waals surface area (Å²) in [5, 5.41) is 14.1. The van der Waals surface area contributed by atoms with Crippen molar-refractivity contribution in [1.82, 2.24) is 0 Å². The standard InChI is InChI=1S/C18H38OSi3/c1-18(2,19)14-12-16(21(6,7)8)17(22(9,10)11)13-15(14)20(3,4)5/h12-14,17,19H,1-11H3. The van der Waals surface area contributed by atoms with Crippen molar-refractivity contribution in [2.45, 2.75) is 83.9 Å². The molecule has 0 aromatic carbocycles. The molecule has 0 radical (unpaired) electrons. The fourth-order valence-electron chi connectivity index (χ4n) is 3.48. The van der Waals surface area contributed by atoms with Crippen LogP contribution in [0.25, 0.3) is 0 Å². The SMILES string of the molecule is CC(C)(O)C1C=C([Si](C)(C)C)C([Si](C)(C)C)C=C1[Si](C)(C)C. The van der Waals surface area contributed by atoms with Crippen molar-refractivity contribution in [3.8, 4) is 0 Å². The fourth-order valence-corrected chi connectivity index (χ4v) is 11.7. The minimum absolute atomic E-state index is 0.202. The second-order valence-electron chi connectivity index (χ2n) is 10.7. The lowest BCUT2D eigenvalue weighted by atomic mass is 9.87. The molecular formula is C18H38OSi3. The van der Waals surface area contributed by atoms with Gasteiger partial charge in [-0.25, -0.2) is 0 Å². The summed E-state index contributed by atoms with van der Waals surface area (Å²) in [5.41, 5.74) is -0.0129. The molecule has 0 aromatic rings. The first-order valence-corrected chi connectivity index (χ1v) is 19.2. The first-order chi connectivity index (χ1) is 9.45. The topological polar surface area (TPSA) is 20.2 Å². The highest BCUT2D eigenvalue weighted by Gasteiger charge is 2.43. The van der Waals surface area contributed by atoms with Crippen molar-refractivity contribution in [1.29, 1.82) is 0 Å². The van der Waals surface area contributed by atoms with E-state index in [0.717, 1.165) is 0 Å². The summed E-state index contributed by atoms with van der Waals surface area (Å²) in [4.78, 5) is 0. The molecule has 0 saturated heterocycles. The summed E-state index contributed by atoms with van der Waals surface area (Å²) >= 11 is 0. The van der Waals surface area contributed by atoms with Gasteiger partial charge in [0.15, 0.2) is 0 Å². The highest BCUT2D eigenvalue weighted by molar-refractivity contribution is 6.89. The molecule has 128 valence electrons. The van der Waals surface area contributed by atoms with Crippen molar-refractivity contribution in [3.05, 3.63) is 22.5 Å². The van der Waals surface area contributed by atoms with Gasteiger partial charge in [0.25, 0.3) is 0 Å². The van der Waals surface area contributed by atoms with Crippen LogP contribution in [0, 0.1) is 5.92 Å². The molecule has 0 amide bonds. The number of allylic oxidation sites excluding steroid dienone is 2. The molecule has 1 aliphatic rings. The molecular weight excluding hydrogens is 316 g/mol. The van der Waals surface area contributed by atoms with Crippen LogP contribution < -0.4 is 0 Å². The van der Waals surface area contributed by atoms with Gasteiger partial charge in [0.2, 0.25) is 0 Å².